The van der Waals surface area contributed by atoms with Gasteiger partial charge in [0.05, 0.1) is 24.7 Å². The SMILES string of the molecule is CCC(O)(CC)[C@H]1C(C(=O)O)O[C@@H](Oc2ccc(OC)cc2)[C@@H](O)C1O. The first-order valence-corrected chi connectivity index (χ1v) is 8.54. The highest BCUT2D eigenvalue weighted by Crippen LogP contribution is 2.38. The Bertz CT molecular complexity index is 598. The van der Waals surface area contributed by atoms with E-state index in [4.69, 9.17) is 14.2 Å². The summed E-state index contributed by atoms with van der Waals surface area (Å²) < 4.78 is 16.0. The van der Waals surface area contributed by atoms with E-state index in [0.717, 1.165) is 0 Å². The second-order valence-electron chi connectivity index (χ2n) is 6.37. The average Bonchev–Trinajstić information content (AvgIpc) is 2.65. The number of benzene rings is 1. The van der Waals surface area contributed by atoms with E-state index in [1.165, 1.54) is 7.11 Å². The zero-order valence-electron chi connectivity index (χ0n) is 15.0. The lowest BCUT2D eigenvalue weighted by molar-refractivity contribution is -0.283. The molecule has 8 heteroatoms. The number of carboxylic acid groups (broad SMARTS) is 1. The number of carboxylic acids is 1. The van der Waals surface area contributed by atoms with Gasteiger partial charge in [0.2, 0.25) is 6.29 Å². The maximum Gasteiger partial charge on any atom is 0.333 e. The maximum atomic E-state index is 11.7. The van der Waals surface area contributed by atoms with Crippen molar-refractivity contribution in [1.82, 2.24) is 0 Å². The quantitative estimate of drug-likeness (QED) is 0.555. The molecule has 1 aliphatic rings. The van der Waals surface area contributed by atoms with Crippen molar-refractivity contribution in [2.75, 3.05) is 7.11 Å². The molecule has 5 atom stereocenters. The van der Waals surface area contributed by atoms with Crippen molar-refractivity contribution >= 4 is 5.97 Å². The van der Waals surface area contributed by atoms with E-state index in [0.29, 0.717) is 11.5 Å². The van der Waals surface area contributed by atoms with Crippen LogP contribution in [0.4, 0.5) is 0 Å². The third kappa shape index (κ3) is 3.93. The number of aliphatic carboxylic acids is 1. The number of carbonyl (C=O) groups is 1. The van der Waals surface area contributed by atoms with Crippen molar-refractivity contribution < 1.29 is 39.4 Å². The van der Waals surface area contributed by atoms with Crippen LogP contribution >= 0.6 is 0 Å². The topological polar surface area (TPSA) is 126 Å². The lowest BCUT2D eigenvalue weighted by Gasteiger charge is -2.47. The number of rotatable bonds is 7. The molecule has 0 bridgehead atoms. The number of aliphatic hydroxyl groups excluding tert-OH is 2. The van der Waals surface area contributed by atoms with Crippen molar-refractivity contribution in [1.29, 1.82) is 0 Å². The van der Waals surface area contributed by atoms with Gasteiger partial charge in [0.15, 0.2) is 6.10 Å². The molecule has 1 aromatic carbocycles. The summed E-state index contributed by atoms with van der Waals surface area (Å²) in [6.07, 6.45) is -5.57. The molecule has 1 aromatic rings. The van der Waals surface area contributed by atoms with E-state index < -0.39 is 42.1 Å². The first-order valence-electron chi connectivity index (χ1n) is 8.54. The highest BCUT2D eigenvalue weighted by molar-refractivity contribution is 5.73. The van der Waals surface area contributed by atoms with E-state index in [9.17, 15) is 25.2 Å². The molecule has 2 rings (SSSR count). The first kappa shape index (κ1) is 20.4. The second-order valence-corrected chi connectivity index (χ2v) is 6.37. The summed E-state index contributed by atoms with van der Waals surface area (Å²) in [4.78, 5) is 11.7. The molecule has 0 aliphatic carbocycles. The van der Waals surface area contributed by atoms with Gasteiger partial charge >= 0.3 is 5.97 Å². The third-order valence-corrected chi connectivity index (χ3v) is 5.00. The van der Waals surface area contributed by atoms with Gasteiger partial charge < -0.3 is 34.6 Å². The Labute approximate surface area is 151 Å². The van der Waals surface area contributed by atoms with Crippen LogP contribution in [0.2, 0.25) is 0 Å². The molecule has 146 valence electrons. The first-order chi connectivity index (χ1) is 12.3. The van der Waals surface area contributed by atoms with Crippen LogP contribution < -0.4 is 9.47 Å². The van der Waals surface area contributed by atoms with Crippen LogP contribution in [-0.2, 0) is 9.53 Å². The van der Waals surface area contributed by atoms with Gasteiger partial charge in [0.1, 0.15) is 17.6 Å². The number of aliphatic hydroxyl groups is 3. The molecule has 1 heterocycles. The predicted octanol–water partition coefficient (Wildman–Crippen LogP) is 0.773. The van der Waals surface area contributed by atoms with Gasteiger partial charge in [-0.2, -0.15) is 0 Å². The fraction of sp³-hybridized carbons (Fsp3) is 0.611. The standard InChI is InChI=1S/C18H26O8/c1-4-18(23,5-2)12-13(19)14(20)17(26-15(12)16(21)22)25-11-8-6-10(24-3)7-9-11/h6-9,12-15,17,19-20,23H,4-5H2,1-3H3,(H,21,22)/t12-,13?,14+,15?,17-/m1/s1. The van der Waals surface area contributed by atoms with E-state index in [1.54, 1.807) is 38.1 Å². The molecule has 0 spiro atoms. The molecule has 1 aliphatic heterocycles. The fourth-order valence-electron chi connectivity index (χ4n) is 3.28. The van der Waals surface area contributed by atoms with Crippen molar-refractivity contribution in [2.45, 2.75) is 56.9 Å². The van der Waals surface area contributed by atoms with Crippen LogP contribution in [0.25, 0.3) is 0 Å². The van der Waals surface area contributed by atoms with Crippen LogP contribution in [-0.4, -0.2) is 63.7 Å². The van der Waals surface area contributed by atoms with Gasteiger partial charge in [-0.15, -0.1) is 0 Å². The molecule has 0 saturated carbocycles. The normalized spacial score (nSPS) is 29.2. The molecule has 2 unspecified atom stereocenters. The highest BCUT2D eigenvalue weighted by Gasteiger charge is 2.55. The summed E-state index contributed by atoms with van der Waals surface area (Å²) in [5.41, 5.74) is -1.49. The predicted molar refractivity (Wildman–Crippen MR) is 91.0 cm³/mol. The Morgan fingerprint density at radius 1 is 1.12 bits per heavy atom. The van der Waals surface area contributed by atoms with E-state index >= 15 is 0 Å². The Morgan fingerprint density at radius 2 is 1.65 bits per heavy atom. The Morgan fingerprint density at radius 3 is 2.12 bits per heavy atom. The monoisotopic (exact) mass is 370 g/mol. The Kier molecular flexibility index (Phi) is 6.46. The summed E-state index contributed by atoms with van der Waals surface area (Å²) in [6.45, 7) is 3.36. The average molecular weight is 370 g/mol. The molecule has 1 saturated heterocycles. The molecule has 1 fully saturated rings. The van der Waals surface area contributed by atoms with Crippen molar-refractivity contribution in [3.63, 3.8) is 0 Å². The van der Waals surface area contributed by atoms with Gasteiger partial charge in [-0.1, -0.05) is 13.8 Å². The summed E-state index contributed by atoms with van der Waals surface area (Å²) in [7, 11) is 1.51. The van der Waals surface area contributed by atoms with Gasteiger partial charge in [0, 0.05) is 0 Å². The van der Waals surface area contributed by atoms with Crippen LogP contribution in [0.5, 0.6) is 11.5 Å². The fourth-order valence-corrected chi connectivity index (χ4v) is 3.28. The zero-order chi connectivity index (χ0) is 19.5. The highest BCUT2D eigenvalue weighted by atomic mass is 16.7. The molecule has 26 heavy (non-hydrogen) atoms. The van der Waals surface area contributed by atoms with Crippen LogP contribution in [0.1, 0.15) is 26.7 Å². The summed E-state index contributed by atoms with van der Waals surface area (Å²) in [5.74, 6) is -1.63. The molecular weight excluding hydrogens is 344 g/mol. The largest absolute Gasteiger partial charge is 0.497 e. The minimum atomic E-state index is -1.53. The van der Waals surface area contributed by atoms with Crippen LogP contribution in [0, 0.1) is 5.92 Å². The van der Waals surface area contributed by atoms with Gasteiger partial charge in [-0.05, 0) is 37.1 Å². The van der Waals surface area contributed by atoms with Gasteiger partial charge in [-0.3, -0.25) is 0 Å². The van der Waals surface area contributed by atoms with E-state index in [1.807, 2.05) is 0 Å². The summed E-state index contributed by atoms with van der Waals surface area (Å²) >= 11 is 0. The van der Waals surface area contributed by atoms with E-state index in [-0.39, 0.29) is 12.8 Å². The number of hydrogen-bond donors (Lipinski definition) is 4. The minimum absolute atomic E-state index is 0.203. The van der Waals surface area contributed by atoms with Crippen molar-refractivity contribution in [3.05, 3.63) is 24.3 Å². The van der Waals surface area contributed by atoms with Crippen molar-refractivity contribution in [3.8, 4) is 11.5 Å². The Balaban J connectivity index is 2.25. The number of hydrogen-bond acceptors (Lipinski definition) is 7. The maximum absolute atomic E-state index is 11.7. The molecule has 0 aromatic heterocycles. The molecule has 4 N–H and O–H groups in total. The third-order valence-electron chi connectivity index (χ3n) is 5.00. The van der Waals surface area contributed by atoms with Crippen LogP contribution in [0.3, 0.4) is 0 Å². The summed E-state index contributed by atoms with van der Waals surface area (Å²) in [5, 5.41) is 41.2. The molecule has 0 amide bonds. The van der Waals surface area contributed by atoms with Crippen molar-refractivity contribution in [2.24, 2.45) is 5.92 Å². The van der Waals surface area contributed by atoms with E-state index in [2.05, 4.69) is 0 Å². The summed E-state index contributed by atoms with van der Waals surface area (Å²) in [6, 6.07) is 6.39. The molecular formula is C18H26O8. The van der Waals surface area contributed by atoms with Crippen LogP contribution in [0.15, 0.2) is 24.3 Å². The number of methoxy groups -OCH3 is 1. The second kappa shape index (κ2) is 8.22. The lowest BCUT2D eigenvalue weighted by atomic mass is 9.73. The molecule has 0 radical (unpaired) electrons. The van der Waals surface area contributed by atoms with Gasteiger partial charge in [0.25, 0.3) is 0 Å². The molecule has 8 nitrogen and oxygen atoms in total. The zero-order valence-corrected chi connectivity index (χ0v) is 15.0. The Hall–Kier alpha value is -1.87. The number of ether oxygens (including phenoxy) is 3. The minimum Gasteiger partial charge on any atom is -0.497 e. The smallest absolute Gasteiger partial charge is 0.333 e. The lowest BCUT2D eigenvalue weighted by Crippen LogP contribution is -2.64. The van der Waals surface area contributed by atoms with Gasteiger partial charge in [-0.25, -0.2) is 4.79 Å².